The van der Waals surface area contributed by atoms with Crippen LogP contribution in [0.2, 0.25) is 0 Å². The van der Waals surface area contributed by atoms with Crippen LogP contribution in [0, 0.1) is 19.7 Å². The fourth-order valence-corrected chi connectivity index (χ4v) is 2.17. The standard InChI is InChI=1S/C15H15BrFN/c1-10-4-3-5-11(2)13(10)9-18-12-6-7-14(16)15(17)8-12/h3-8,18H,9H2,1-2H3. The van der Waals surface area contributed by atoms with Gasteiger partial charge in [0, 0.05) is 12.2 Å². The summed E-state index contributed by atoms with van der Waals surface area (Å²) >= 11 is 3.15. The summed E-state index contributed by atoms with van der Waals surface area (Å²) in [7, 11) is 0. The van der Waals surface area contributed by atoms with Gasteiger partial charge in [0.1, 0.15) is 5.82 Å². The molecular weight excluding hydrogens is 293 g/mol. The van der Waals surface area contributed by atoms with Gasteiger partial charge in [0.15, 0.2) is 0 Å². The molecule has 0 unspecified atom stereocenters. The molecule has 0 aromatic heterocycles. The predicted octanol–water partition coefficient (Wildman–Crippen LogP) is 4.82. The average molecular weight is 308 g/mol. The summed E-state index contributed by atoms with van der Waals surface area (Å²) in [6.45, 7) is 4.89. The van der Waals surface area contributed by atoms with E-state index in [2.05, 4.69) is 47.2 Å². The molecule has 1 nitrogen and oxygen atoms in total. The molecule has 0 heterocycles. The Morgan fingerprint density at radius 3 is 2.39 bits per heavy atom. The number of benzene rings is 2. The largest absolute Gasteiger partial charge is 0.381 e. The molecule has 0 saturated carbocycles. The zero-order valence-electron chi connectivity index (χ0n) is 10.4. The maximum absolute atomic E-state index is 13.4. The van der Waals surface area contributed by atoms with Gasteiger partial charge in [0.2, 0.25) is 0 Å². The van der Waals surface area contributed by atoms with Crippen LogP contribution < -0.4 is 5.32 Å². The molecule has 94 valence electrons. The van der Waals surface area contributed by atoms with E-state index in [-0.39, 0.29) is 5.82 Å². The van der Waals surface area contributed by atoms with E-state index in [1.54, 1.807) is 6.07 Å². The molecule has 0 saturated heterocycles. The monoisotopic (exact) mass is 307 g/mol. The quantitative estimate of drug-likeness (QED) is 0.857. The van der Waals surface area contributed by atoms with Crippen molar-refractivity contribution in [3.05, 3.63) is 63.4 Å². The summed E-state index contributed by atoms with van der Waals surface area (Å²) in [5.41, 5.74) is 4.55. The molecule has 2 aromatic carbocycles. The lowest BCUT2D eigenvalue weighted by molar-refractivity contribution is 0.621. The van der Waals surface area contributed by atoms with Crippen molar-refractivity contribution in [3.63, 3.8) is 0 Å². The Morgan fingerprint density at radius 2 is 1.78 bits per heavy atom. The molecule has 0 aliphatic carbocycles. The number of hydrogen-bond donors (Lipinski definition) is 1. The smallest absolute Gasteiger partial charge is 0.139 e. The second kappa shape index (κ2) is 5.53. The van der Waals surface area contributed by atoms with Crippen LogP contribution in [0.3, 0.4) is 0 Å². The maximum Gasteiger partial charge on any atom is 0.139 e. The van der Waals surface area contributed by atoms with E-state index in [1.165, 1.54) is 22.8 Å². The van der Waals surface area contributed by atoms with Crippen LogP contribution in [0.5, 0.6) is 0 Å². The number of halogens is 2. The summed E-state index contributed by atoms with van der Waals surface area (Å²) in [4.78, 5) is 0. The van der Waals surface area contributed by atoms with Gasteiger partial charge in [-0.05, 0) is 64.7 Å². The van der Waals surface area contributed by atoms with Crippen LogP contribution in [0.25, 0.3) is 0 Å². The molecule has 0 atom stereocenters. The van der Waals surface area contributed by atoms with Crippen LogP contribution >= 0.6 is 15.9 Å². The first kappa shape index (κ1) is 13.1. The molecule has 0 spiro atoms. The SMILES string of the molecule is Cc1cccc(C)c1CNc1ccc(Br)c(F)c1. The Bertz CT molecular complexity index is 546. The minimum Gasteiger partial charge on any atom is -0.381 e. The van der Waals surface area contributed by atoms with Crippen molar-refractivity contribution in [1.29, 1.82) is 0 Å². The Morgan fingerprint density at radius 1 is 1.11 bits per heavy atom. The van der Waals surface area contributed by atoms with Crippen molar-refractivity contribution in [2.24, 2.45) is 0 Å². The molecule has 0 bridgehead atoms. The topological polar surface area (TPSA) is 12.0 Å². The molecule has 0 radical (unpaired) electrons. The minimum absolute atomic E-state index is 0.249. The van der Waals surface area contributed by atoms with Gasteiger partial charge in [-0.3, -0.25) is 0 Å². The molecule has 3 heteroatoms. The number of rotatable bonds is 3. The van der Waals surface area contributed by atoms with Gasteiger partial charge < -0.3 is 5.32 Å². The van der Waals surface area contributed by atoms with E-state index in [4.69, 9.17) is 0 Å². The Balaban J connectivity index is 2.14. The van der Waals surface area contributed by atoms with Gasteiger partial charge in [-0.15, -0.1) is 0 Å². The second-order valence-corrected chi connectivity index (χ2v) is 5.21. The first-order valence-electron chi connectivity index (χ1n) is 5.82. The van der Waals surface area contributed by atoms with E-state index in [0.29, 0.717) is 11.0 Å². The zero-order chi connectivity index (χ0) is 13.1. The van der Waals surface area contributed by atoms with Crippen LogP contribution in [0.1, 0.15) is 16.7 Å². The fraction of sp³-hybridized carbons (Fsp3) is 0.200. The van der Waals surface area contributed by atoms with Gasteiger partial charge in [-0.25, -0.2) is 4.39 Å². The van der Waals surface area contributed by atoms with Crippen molar-refractivity contribution < 1.29 is 4.39 Å². The van der Waals surface area contributed by atoms with Crippen molar-refractivity contribution >= 4 is 21.6 Å². The lowest BCUT2D eigenvalue weighted by Crippen LogP contribution is -2.03. The molecule has 18 heavy (non-hydrogen) atoms. The van der Waals surface area contributed by atoms with E-state index < -0.39 is 0 Å². The van der Waals surface area contributed by atoms with Crippen LogP contribution in [0.15, 0.2) is 40.9 Å². The maximum atomic E-state index is 13.4. The molecule has 1 N–H and O–H groups in total. The first-order chi connectivity index (χ1) is 8.58. The summed E-state index contributed by atoms with van der Waals surface area (Å²) in [5.74, 6) is -0.249. The normalized spacial score (nSPS) is 10.4. The fourth-order valence-electron chi connectivity index (χ4n) is 1.92. The van der Waals surface area contributed by atoms with Gasteiger partial charge >= 0.3 is 0 Å². The molecule has 0 fully saturated rings. The van der Waals surface area contributed by atoms with Crippen molar-refractivity contribution in [2.45, 2.75) is 20.4 Å². The van der Waals surface area contributed by atoms with E-state index in [1.807, 2.05) is 12.1 Å². The molecule has 2 aromatic rings. The lowest BCUT2D eigenvalue weighted by atomic mass is 10.0. The molecule has 0 aliphatic rings. The summed E-state index contributed by atoms with van der Waals surface area (Å²) in [6.07, 6.45) is 0. The third kappa shape index (κ3) is 2.91. The van der Waals surface area contributed by atoms with Crippen LogP contribution in [-0.4, -0.2) is 0 Å². The Kier molecular flexibility index (Phi) is 4.02. The molecule has 2 rings (SSSR count). The van der Waals surface area contributed by atoms with E-state index in [0.717, 1.165) is 5.69 Å². The molecule has 0 aliphatic heterocycles. The Labute approximate surface area is 115 Å². The number of aryl methyl sites for hydroxylation is 2. The predicted molar refractivity (Wildman–Crippen MR) is 77.3 cm³/mol. The average Bonchev–Trinajstić information content (AvgIpc) is 2.33. The zero-order valence-corrected chi connectivity index (χ0v) is 12.0. The minimum atomic E-state index is -0.249. The highest BCUT2D eigenvalue weighted by Crippen LogP contribution is 2.21. The van der Waals surface area contributed by atoms with E-state index >= 15 is 0 Å². The highest BCUT2D eigenvalue weighted by atomic mass is 79.9. The number of hydrogen-bond acceptors (Lipinski definition) is 1. The van der Waals surface area contributed by atoms with Crippen molar-refractivity contribution in [3.8, 4) is 0 Å². The molecular formula is C15H15BrFN. The van der Waals surface area contributed by atoms with Crippen LogP contribution in [0.4, 0.5) is 10.1 Å². The first-order valence-corrected chi connectivity index (χ1v) is 6.61. The van der Waals surface area contributed by atoms with Crippen molar-refractivity contribution in [2.75, 3.05) is 5.32 Å². The van der Waals surface area contributed by atoms with Crippen LogP contribution in [-0.2, 0) is 6.54 Å². The van der Waals surface area contributed by atoms with E-state index in [9.17, 15) is 4.39 Å². The third-order valence-corrected chi connectivity index (χ3v) is 3.68. The van der Waals surface area contributed by atoms with Gasteiger partial charge in [0.05, 0.1) is 4.47 Å². The number of anilines is 1. The second-order valence-electron chi connectivity index (χ2n) is 4.35. The van der Waals surface area contributed by atoms with Gasteiger partial charge in [0.25, 0.3) is 0 Å². The summed E-state index contributed by atoms with van der Waals surface area (Å²) < 4.78 is 13.9. The Hall–Kier alpha value is -1.35. The van der Waals surface area contributed by atoms with Crippen molar-refractivity contribution in [1.82, 2.24) is 0 Å². The molecule has 0 amide bonds. The van der Waals surface area contributed by atoms with Gasteiger partial charge in [-0.1, -0.05) is 18.2 Å². The third-order valence-electron chi connectivity index (χ3n) is 3.03. The lowest BCUT2D eigenvalue weighted by Gasteiger charge is -2.12. The number of nitrogens with one attached hydrogen (secondary N) is 1. The van der Waals surface area contributed by atoms with Gasteiger partial charge in [-0.2, -0.15) is 0 Å². The summed E-state index contributed by atoms with van der Waals surface area (Å²) in [5, 5.41) is 3.25. The summed E-state index contributed by atoms with van der Waals surface area (Å²) in [6, 6.07) is 11.3. The highest BCUT2D eigenvalue weighted by molar-refractivity contribution is 9.10. The highest BCUT2D eigenvalue weighted by Gasteiger charge is 2.03.